The van der Waals surface area contributed by atoms with Crippen molar-refractivity contribution in [2.24, 2.45) is 0 Å². The standard InChI is InChI=1S/C13H21NO2/c1-2-12-6-7-13(16-12)9-14-10-4-3-5-11(15)8-10/h6-7,10-11,14-15H,2-5,8-9H2,1H3. The highest BCUT2D eigenvalue weighted by Gasteiger charge is 2.19. The molecule has 0 saturated heterocycles. The van der Waals surface area contributed by atoms with Crippen LogP contribution in [0.4, 0.5) is 0 Å². The maximum atomic E-state index is 9.56. The Balaban J connectivity index is 1.78. The van der Waals surface area contributed by atoms with Crippen LogP contribution in [-0.4, -0.2) is 17.3 Å². The van der Waals surface area contributed by atoms with Crippen LogP contribution in [0.5, 0.6) is 0 Å². The Labute approximate surface area is 96.8 Å². The molecule has 3 heteroatoms. The van der Waals surface area contributed by atoms with Crippen LogP contribution in [0.1, 0.15) is 44.1 Å². The highest BCUT2D eigenvalue weighted by molar-refractivity contribution is 5.06. The van der Waals surface area contributed by atoms with Crippen molar-refractivity contribution in [2.75, 3.05) is 0 Å². The number of hydrogen-bond donors (Lipinski definition) is 2. The molecule has 0 aliphatic heterocycles. The van der Waals surface area contributed by atoms with Gasteiger partial charge in [0.1, 0.15) is 11.5 Å². The van der Waals surface area contributed by atoms with Crippen LogP contribution in [0, 0.1) is 0 Å². The van der Waals surface area contributed by atoms with Crippen LogP contribution < -0.4 is 5.32 Å². The first-order valence-corrected chi connectivity index (χ1v) is 6.27. The molecule has 3 nitrogen and oxygen atoms in total. The molecule has 16 heavy (non-hydrogen) atoms. The van der Waals surface area contributed by atoms with Crippen molar-refractivity contribution in [3.8, 4) is 0 Å². The average Bonchev–Trinajstić information content (AvgIpc) is 2.74. The van der Waals surface area contributed by atoms with Gasteiger partial charge in [0.25, 0.3) is 0 Å². The second-order valence-corrected chi connectivity index (χ2v) is 4.62. The van der Waals surface area contributed by atoms with E-state index < -0.39 is 0 Å². The summed E-state index contributed by atoms with van der Waals surface area (Å²) in [5.41, 5.74) is 0. The largest absolute Gasteiger partial charge is 0.465 e. The lowest BCUT2D eigenvalue weighted by Gasteiger charge is -2.26. The topological polar surface area (TPSA) is 45.4 Å². The summed E-state index contributed by atoms with van der Waals surface area (Å²) in [4.78, 5) is 0. The molecule has 0 amide bonds. The van der Waals surface area contributed by atoms with E-state index in [1.807, 2.05) is 12.1 Å². The Morgan fingerprint density at radius 2 is 2.19 bits per heavy atom. The number of furan rings is 1. The van der Waals surface area contributed by atoms with Gasteiger partial charge in [-0.2, -0.15) is 0 Å². The molecule has 0 bridgehead atoms. The summed E-state index contributed by atoms with van der Waals surface area (Å²) in [6.07, 6.45) is 4.95. The molecule has 1 fully saturated rings. The van der Waals surface area contributed by atoms with E-state index in [0.717, 1.165) is 43.7 Å². The number of rotatable bonds is 4. The van der Waals surface area contributed by atoms with Crippen LogP contribution in [0.25, 0.3) is 0 Å². The van der Waals surface area contributed by atoms with E-state index in [1.54, 1.807) is 0 Å². The first-order valence-electron chi connectivity index (χ1n) is 6.27. The molecule has 1 aromatic rings. The number of aliphatic hydroxyl groups excluding tert-OH is 1. The lowest BCUT2D eigenvalue weighted by molar-refractivity contribution is 0.111. The summed E-state index contributed by atoms with van der Waals surface area (Å²) >= 11 is 0. The Morgan fingerprint density at radius 3 is 2.88 bits per heavy atom. The van der Waals surface area contributed by atoms with Gasteiger partial charge in [-0.05, 0) is 37.8 Å². The summed E-state index contributed by atoms with van der Waals surface area (Å²) in [5, 5.41) is 13.0. The predicted octanol–water partition coefficient (Wildman–Crippen LogP) is 2.24. The summed E-state index contributed by atoms with van der Waals surface area (Å²) in [6, 6.07) is 4.51. The summed E-state index contributed by atoms with van der Waals surface area (Å²) in [7, 11) is 0. The SMILES string of the molecule is CCc1ccc(CNC2CCCC(O)C2)o1. The van der Waals surface area contributed by atoms with E-state index in [-0.39, 0.29) is 6.10 Å². The fraction of sp³-hybridized carbons (Fsp3) is 0.692. The quantitative estimate of drug-likeness (QED) is 0.822. The van der Waals surface area contributed by atoms with Gasteiger partial charge in [0, 0.05) is 12.5 Å². The average molecular weight is 223 g/mol. The Hall–Kier alpha value is -0.800. The van der Waals surface area contributed by atoms with Gasteiger partial charge in [0.05, 0.1) is 12.6 Å². The minimum Gasteiger partial charge on any atom is -0.465 e. The minimum absolute atomic E-state index is 0.117. The highest BCUT2D eigenvalue weighted by Crippen LogP contribution is 2.19. The molecule has 1 aliphatic carbocycles. The van der Waals surface area contributed by atoms with Crippen LogP contribution in [-0.2, 0) is 13.0 Å². The smallest absolute Gasteiger partial charge is 0.117 e. The van der Waals surface area contributed by atoms with E-state index in [4.69, 9.17) is 4.42 Å². The van der Waals surface area contributed by atoms with Crippen molar-refractivity contribution in [1.82, 2.24) is 5.32 Å². The van der Waals surface area contributed by atoms with E-state index in [1.165, 1.54) is 6.42 Å². The zero-order valence-electron chi connectivity index (χ0n) is 9.91. The van der Waals surface area contributed by atoms with Gasteiger partial charge < -0.3 is 14.8 Å². The van der Waals surface area contributed by atoms with Gasteiger partial charge in [-0.3, -0.25) is 0 Å². The van der Waals surface area contributed by atoms with E-state index in [2.05, 4.69) is 12.2 Å². The van der Waals surface area contributed by atoms with E-state index in [0.29, 0.717) is 6.04 Å². The summed E-state index contributed by atoms with van der Waals surface area (Å²) < 4.78 is 5.63. The first kappa shape index (κ1) is 11.7. The van der Waals surface area contributed by atoms with Crippen molar-refractivity contribution in [1.29, 1.82) is 0 Å². The van der Waals surface area contributed by atoms with Crippen molar-refractivity contribution >= 4 is 0 Å². The lowest BCUT2D eigenvalue weighted by atomic mass is 9.93. The Morgan fingerprint density at radius 1 is 1.38 bits per heavy atom. The van der Waals surface area contributed by atoms with Gasteiger partial charge in [-0.15, -0.1) is 0 Å². The predicted molar refractivity (Wildman–Crippen MR) is 63.2 cm³/mol. The maximum Gasteiger partial charge on any atom is 0.117 e. The van der Waals surface area contributed by atoms with Gasteiger partial charge in [-0.1, -0.05) is 6.92 Å². The third-order valence-corrected chi connectivity index (χ3v) is 3.28. The summed E-state index contributed by atoms with van der Waals surface area (Å²) in [6.45, 7) is 2.87. The van der Waals surface area contributed by atoms with Gasteiger partial charge >= 0.3 is 0 Å². The zero-order valence-corrected chi connectivity index (χ0v) is 9.91. The second-order valence-electron chi connectivity index (χ2n) is 4.62. The number of aryl methyl sites for hydroxylation is 1. The molecule has 2 rings (SSSR count). The van der Waals surface area contributed by atoms with Crippen molar-refractivity contribution in [2.45, 2.75) is 57.7 Å². The molecular formula is C13H21NO2. The molecule has 1 saturated carbocycles. The first-order chi connectivity index (χ1) is 7.78. The molecular weight excluding hydrogens is 202 g/mol. The Kier molecular flexibility index (Phi) is 4.02. The molecule has 2 N–H and O–H groups in total. The lowest BCUT2D eigenvalue weighted by Crippen LogP contribution is -2.35. The molecule has 2 unspecified atom stereocenters. The zero-order chi connectivity index (χ0) is 11.4. The molecule has 0 aromatic carbocycles. The number of nitrogens with one attached hydrogen (secondary N) is 1. The van der Waals surface area contributed by atoms with Gasteiger partial charge in [0.2, 0.25) is 0 Å². The number of hydrogen-bond acceptors (Lipinski definition) is 3. The fourth-order valence-electron chi connectivity index (χ4n) is 2.30. The molecule has 1 aliphatic rings. The minimum atomic E-state index is -0.117. The van der Waals surface area contributed by atoms with Crippen LogP contribution in [0.15, 0.2) is 16.5 Å². The van der Waals surface area contributed by atoms with Crippen molar-refractivity contribution in [3.63, 3.8) is 0 Å². The molecule has 0 spiro atoms. The van der Waals surface area contributed by atoms with E-state index >= 15 is 0 Å². The maximum absolute atomic E-state index is 9.56. The third kappa shape index (κ3) is 3.09. The fourth-order valence-corrected chi connectivity index (χ4v) is 2.30. The highest BCUT2D eigenvalue weighted by atomic mass is 16.3. The number of aliphatic hydroxyl groups is 1. The van der Waals surface area contributed by atoms with E-state index in [9.17, 15) is 5.11 Å². The molecule has 2 atom stereocenters. The third-order valence-electron chi connectivity index (χ3n) is 3.28. The molecule has 1 aromatic heterocycles. The summed E-state index contributed by atoms with van der Waals surface area (Å²) in [5.74, 6) is 2.04. The molecule has 90 valence electrons. The van der Waals surface area contributed by atoms with Crippen molar-refractivity contribution in [3.05, 3.63) is 23.7 Å². The molecule has 0 radical (unpaired) electrons. The monoisotopic (exact) mass is 223 g/mol. The van der Waals surface area contributed by atoms with Crippen molar-refractivity contribution < 1.29 is 9.52 Å². The second kappa shape index (κ2) is 5.51. The van der Waals surface area contributed by atoms with Crippen LogP contribution in [0.3, 0.4) is 0 Å². The normalized spacial score (nSPS) is 25.9. The van der Waals surface area contributed by atoms with Gasteiger partial charge in [-0.25, -0.2) is 0 Å². The van der Waals surface area contributed by atoms with Crippen LogP contribution >= 0.6 is 0 Å². The van der Waals surface area contributed by atoms with Gasteiger partial charge in [0.15, 0.2) is 0 Å². The Bertz CT molecular complexity index is 321. The van der Waals surface area contributed by atoms with Crippen LogP contribution in [0.2, 0.25) is 0 Å². The molecule has 1 heterocycles.